The third kappa shape index (κ3) is 3.15. The molecule has 0 heterocycles. The van der Waals surface area contributed by atoms with E-state index in [1.165, 1.54) is 12.1 Å². The smallest absolute Gasteiger partial charge is 0.253 e. The summed E-state index contributed by atoms with van der Waals surface area (Å²) >= 11 is 0. The minimum atomic E-state index is -0.306. The number of benzene rings is 2. The van der Waals surface area contributed by atoms with E-state index >= 15 is 0 Å². The summed E-state index contributed by atoms with van der Waals surface area (Å²) in [7, 11) is 1.77. The zero-order valence-electron chi connectivity index (χ0n) is 11.5. The van der Waals surface area contributed by atoms with E-state index in [4.69, 9.17) is 0 Å². The van der Waals surface area contributed by atoms with Gasteiger partial charge in [0.05, 0.1) is 11.6 Å². The number of amides is 1. The minimum Gasteiger partial charge on any atom is -0.387 e. The van der Waals surface area contributed by atoms with Gasteiger partial charge < -0.3 is 10.6 Å². The van der Waals surface area contributed by atoms with Crippen LogP contribution >= 0.6 is 0 Å². The molecule has 0 aromatic heterocycles. The summed E-state index contributed by atoms with van der Waals surface area (Å²) in [5.41, 5.74) is 2.06. The molecule has 0 aliphatic heterocycles. The average molecular weight is 272 g/mol. The van der Waals surface area contributed by atoms with Gasteiger partial charge in [-0.25, -0.2) is 4.39 Å². The fourth-order valence-corrected chi connectivity index (χ4v) is 2.03. The molecule has 0 unspecified atom stereocenters. The first kappa shape index (κ1) is 14.1. The lowest BCUT2D eigenvalue weighted by Gasteiger charge is -2.16. The molecule has 20 heavy (non-hydrogen) atoms. The predicted octanol–water partition coefficient (Wildman–Crippen LogP) is 3.36. The maximum atomic E-state index is 13.2. The number of para-hydroxylation sites is 1. The Labute approximate surface area is 117 Å². The monoisotopic (exact) mass is 272 g/mol. The van der Waals surface area contributed by atoms with Crippen molar-refractivity contribution in [2.24, 2.45) is 0 Å². The van der Waals surface area contributed by atoms with Crippen LogP contribution in [-0.4, -0.2) is 13.0 Å². The van der Waals surface area contributed by atoms with Crippen LogP contribution in [0.5, 0.6) is 0 Å². The van der Waals surface area contributed by atoms with Crippen molar-refractivity contribution in [1.82, 2.24) is 5.32 Å². The normalized spacial score (nSPS) is 11.8. The lowest BCUT2D eigenvalue weighted by Crippen LogP contribution is -2.27. The predicted molar refractivity (Wildman–Crippen MR) is 78.3 cm³/mol. The summed E-state index contributed by atoms with van der Waals surface area (Å²) in [6.45, 7) is 1.83. The highest BCUT2D eigenvalue weighted by Crippen LogP contribution is 2.17. The Bertz CT molecular complexity index is 613. The van der Waals surface area contributed by atoms with Gasteiger partial charge in [-0.15, -0.1) is 0 Å². The van der Waals surface area contributed by atoms with Crippen LogP contribution in [0, 0.1) is 5.82 Å². The van der Waals surface area contributed by atoms with Crippen molar-refractivity contribution in [2.75, 3.05) is 12.4 Å². The highest BCUT2D eigenvalue weighted by molar-refractivity contribution is 5.99. The van der Waals surface area contributed by atoms with Gasteiger partial charge in [-0.1, -0.05) is 24.3 Å². The van der Waals surface area contributed by atoms with Crippen LogP contribution in [0.4, 0.5) is 10.1 Å². The molecule has 0 aliphatic rings. The minimum absolute atomic E-state index is 0.188. The maximum absolute atomic E-state index is 13.2. The van der Waals surface area contributed by atoms with Gasteiger partial charge in [0, 0.05) is 12.7 Å². The molecule has 0 bridgehead atoms. The summed E-state index contributed by atoms with van der Waals surface area (Å²) in [5, 5.41) is 5.85. The van der Waals surface area contributed by atoms with E-state index in [9.17, 15) is 9.18 Å². The molecule has 2 aromatic rings. The Balaban J connectivity index is 2.15. The number of hydrogen-bond acceptors (Lipinski definition) is 2. The topological polar surface area (TPSA) is 41.1 Å². The highest BCUT2D eigenvalue weighted by atomic mass is 19.1. The summed E-state index contributed by atoms with van der Waals surface area (Å²) in [6.07, 6.45) is 0. The van der Waals surface area contributed by atoms with Crippen LogP contribution in [0.15, 0.2) is 48.5 Å². The molecule has 104 valence electrons. The van der Waals surface area contributed by atoms with Gasteiger partial charge in [-0.2, -0.15) is 0 Å². The van der Waals surface area contributed by atoms with Crippen LogP contribution < -0.4 is 10.6 Å². The quantitative estimate of drug-likeness (QED) is 0.896. The van der Waals surface area contributed by atoms with Crippen LogP contribution in [0.1, 0.15) is 28.9 Å². The molecule has 2 rings (SSSR count). The molecule has 0 saturated heterocycles. The standard InChI is InChI=1S/C16H17FN2O/c1-11(12-6-5-7-13(17)10-12)19-16(20)14-8-3-4-9-15(14)18-2/h3-11,18H,1-2H3,(H,19,20)/t11-/m0/s1. The van der Waals surface area contributed by atoms with Crippen LogP contribution in [0.25, 0.3) is 0 Å². The third-order valence-electron chi connectivity index (χ3n) is 3.14. The fraction of sp³-hybridized carbons (Fsp3) is 0.188. The van der Waals surface area contributed by atoms with Crippen molar-refractivity contribution >= 4 is 11.6 Å². The Morgan fingerprint density at radius 3 is 2.60 bits per heavy atom. The zero-order chi connectivity index (χ0) is 14.5. The second kappa shape index (κ2) is 6.19. The third-order valence-corrected chi connectivity index (χ3v) is 3.14. The lowest BCUT2D eigenvalue weighted by molar-refractivity contribution is 0.0940. The van der Waals surface area contributed by atoms with E-state index in [2.05, 4.69) is 10.6 Å². The van der Waals surface area contributed by atoms with Gasteiger partial charge in [0.1, 0.15) is 5.82 Å². The second-order valence-corrected chi connectivity index (χ2v) is 4.55. The number of halogens is 1. The molecule has 0 saturated carbocycles. The highest BCUT2D eigenvalue weighted by Gasteiger charge is 2.14. The molecule has 0 fully saturated rings. The van der Waals surface area contributed by atoms with Gasteiger partial charge in [-0.3, -0.25) is 4.79 Å². The van der Waals surface area contributed by atoms with Gasteiger partial charge >= 0.3 is 0 Å². The molecular formula is C16H17FN2O. The SMILES string of the molecule is CNc1ccccc1C(=O)N[C@@H](C)c1cccc(F)c1. The number of hydrogen-bond donors (Lipinski definition) is 2. The summed E-state index contributed by atoms with van der Waals surface area (Å²) < 4.78 is 13.2. The van der Waals surface area contributed by atoms with Crippen molar-refractivity contribution in [1.29, 1.82) is 0 Å². The fourth-order valence-electron chi connectivity index (χ4n) is 2.03. The van der Waals surface area contributed by atoms with E-state index in [1.807, 2.05) is 25.1 Å². The Morgan fingerprint density at radius 1 is 1.15 bits per heavy atom. The van der Waals surface area contributed by atoms with Gasteiger partial charge in [0.15, 0.2) is 0 Å². The maximum Gasteiger partial charge on any atom is 0.253 e. The second-order valence-electron chi connectivity index (χ2n) is 4.55. The summed E-state index contributed by atoms with van der Waals surface area (Å²) in [5.74, 6) is -0.495. The molecular weight excluding hydrogens is 255 g/mol. The molecule has 2 aromatic carbocycles. The first-order valence-corrected chi connectivity index (χ1v) is 6.45. The average Bonchev–Trinajstić information content (AvgIpc) is 2.47. The van der Waals surface area contributed by atoms with Crippen LogP contribution in [0.3, 0.4) is 0 Å². The van der Waals surface area contributed by atoms with Gasteiger partial charge in [-0.05, 0) is 36.8 Å². The van der Waals surface area contributed by atoms with E-state index in [0.29, 0.717) is 5.56 Å². The number of carbonyl (C=O) groups is 1. The Hall–Kier alpha value is -2.36. The van der Waals surface area contributed by atoms with E-state index < -0.39 is 0 Å². The van der Waals surface area contributed by atoms with E-state index in [0.717, 1.165) is 11.3 Å². The molecule has 0 radical (unpaired) electrons. The van der Waals surface area contributed by atoms with Crippen molar-refractivity contribution in [2.45, 2.75) is 13.0 Å². The molecule has 1 amide bonds. The number of nitrogens with one attached hydrogen (secondary N) is 2. The van der Waals surface area contributed by atoms with E-state index in [1.54, 1.807) is 25.2 Å². The first-order valence-electron chi connectivity index (χ1n) is 6.45. The Morgan fingerprint density at radius 2 is 1.90 bits per heavy atom. The molecule has 3 nitrogen and oxygen atoms in total. The lowest BCUT2D eigenvalue weighted by atomic mass is 10.1. The first-order chi connectivity index (χ1) is 9.61. The summed E-state index contributed by atoms with van der Waals surface area (Å²) in [6, 6.07) is 13.2. The number of rotatable bonds is 4. The summed E-state index contributed by atoms with van der Waals surface area (Å²) in [4.78, 5) is 12.2. The largest absolute Gasteiger partial charge is 0.387 e. The van der Waals surface area contributed by atoms with Crippen molar-refractivity contribution in [3.63, 3.8) is 0 Å². The zero-order valence-corrected chi connectivity index (χ0v) is 11.5. The molecule has 0 spiro atoms. The van der Waals surface area contributed by atoms with Gasteiger partial charge in [0.2, 0.25) is 0 Å². The Kier molecular flexibility index (Phi) is 4.35. The molecule has 4 heteroatoms. The van der Waals surface area contributed by atoms with Crippen molar-refractivity contribution in [3.05, 3.63) is 65.5 Å². The number of anilines is 1. The van der Waals surface area contributed by atoms with Crippen molar-refractivity contribution < 1.29 is 9.18 Å². The molecule has 1 atom stereocenters. The van der Waals surface area contributed by atoms with Crippen molar-refractivity contribution in [3.8, 4) is 0 Å². The van der Waals surface area contributed by atoms with E-state index in [-0.39, 0.29) is 17.8 Å². The van der Waals surface area contributed by atoms with Crippen LogP contribution in [0.2, 0.25) is 0 Å². The molecule has 0 aliphatic carbocycles. The van der Waals surface area contributed by atoms with Gasteiger partial charge in [0.25, 0.3) is 5.91 Å². The number of carbonyl (C=O) groups excluding carboxylic acids is 1. The van der Waals surface area contributed by atoms with Crippen LogP contribution in [-0.2, 0) is 0 Å². The molecule has 2 N–H and O–H groups in total.